The molecule has 1 aliphatic rings. The number of unbranched alkanes of at least 4 members (excludes halogenated alkanes) is 44. The number of amides is 1. The SMILES string of the molecule is CCCCC/C=C\C/C=C\CCCCCCCC(=O)OCCCCCCCCCCCCCCCCCCCCCCCCCCCCCCCCC(=O)NC(COC1OC(CO)C(O)C(O)C1O)C(O)/C=C/CCCCCCCCC. The molecule has 7 unspecified atom stereocenters. The van der Waals surface area contributed by atoms with Crippen molar-refractivity contribution in [3.8, 4) is 0 Å². The molecule has 11 heteroatoms. The summed E-state index contributed by atoms with van der Waals surface area (Å²) in [5.41, 5.74) is 0. The highest BCUT2D eigenvalue weighted by molar-refractivity contribution is 5.76. The lowest BCUT2D eigenvalue weighted by molar-refractivity contribution is -0.302. The topological polar surface area (TPSA) is 175 Å². The predicted molar refractivity (Wildman–Crippen MR) is 343 cm³/mol. The Balaban J connectivity index is 1.90. The summed E-state index contributed by atoms with van der Waals surface area (Å²) in [5, 5.41) is 54.3. The van der Waals surface area contributed by atoms with Crippen LogP contribution in [0.25, 0.3) is 0 Å². The van der Waals surface area contributed by atoms with Gasteiger partial charge in [-0.15, -0.1) is 0 Å². The molecule has 1 rings (SSSR count). The Morgan fingerprint density at radius 3 is 1.26 bits per heavy atom. The van der Waals surface area contributed by atoms with Crippen LogP contribution in [0.1, 0.15) is 341 Å². The normalized spacial score (nSPS) is 18.4. The molecular weight excluding hydrogens is 1030 g/mol. The van der Waals surface area contributed by atoms with Gasteiger partial charge in [-0.2, -0.15) is 0 Å². The number of aliphatic hydroxyl groups excluding tert-OH is 5. The van der Waals surface area contributed by atoms with Crippen molar-refractivity contribution in [2.45, 2.75) is 384 Å². The molecule has 82 heavy (non-hydrogen) atoms. The Morgan fingerprint density at radius 2 is 0.817 bits per heavy atom. The minimum atomic E-state index is -1.57. The van der Waals surface area contributed by atoms with Crippen LogP contribution in [0.3, 0.4) is 0 Å². The zero-order valence-electron chi connectivity index (χ0n) is 53.5. The Hall–Kier alpha value is -2.12. The van der Waals surface area contributed by atoms with Gasteiger partial charge in [0, 0.05) is 12.8 Å². The fourth-order valence-electron chi connectivity index (χ4n) is 11.2. The minimum absolute atomic E-state index is 0.00210. The molecule has 7 atom stereocenters. The van der Waals surface area contributed by atoms with E-state index in [0.29, 0.717) is 19.4 Å². The number of rotatable bonds is 62. The largest absolute Gasteiger partial charge is 0.466 e. The van der Waals surface area contributed by atoms with Crippen molar-refractivity contribution in [3.05, 3.63) is 36.5 Å². The lowest BCUT2D eigenvalue weighted by Gasteiger charge is -2.40. The summed E-state index contributed by atoms with van der Waals surface area (Å²) in [6, 6.07) is -0.805. The van der Waals surface area contributed by atoms with E-state index >= 15 is 0 Å². The van der Waals surface area contributed by atoms with Gasteiger partial charge in [0.05, 0.1) is 32.0 Å². The van der Waals surface area contributed by atoms with Crippen molar-refractivity contribution < 1.29 is 49.3 Å². The van der Waals surface area contributed by atoms with E-state index in [1.54, 1.807) is 6.08 Å². The molecule has 0 aliphatic carbocycles. The van der Waals surface area contributed by atoms with Crippen molar-refractivity contribution in [2.24, 2.45) is 0 Å². The Kier molecular flexibility index (Phi) is 57.5. The van der Waals surface area contributed by atoms with Crippen molar-refractivity contribution in [2.75, 3.05) is 19.8 Å². The van der Waals surface area contributed by atoms with Crippen LogP contribution in [0.2, 0.25) is 0 Å². The highest BCUT2D eigenvalue weighted by atomic mass is 16.7. The standard InChI is InChI=1S/C71H133NO10/c1-3-5-7-9-11-13-14-15-32-36-39-43-47-51-55-59-67(76)80-60-56-52-48-44-40-37-34-31-29-27-25-23-21-19-17-16-18-20-22-24-26-28-30-33-35-38-42-46-50-54-58-66(75)72-63(64(74)57-53-49-45-41-12-10-8-6-4-2)62-81-71-70(79)69(78)68(77)65(61-73)82-71/h11,13,15,32,53,57,63-65,68-71,73-74,77-79H,3-10,12,14,16-31,33-52,54-56,58-62H2,1-2H3,(H,72,75)/b13-11-,32-15-,57-53+. The number of hydrogen-bond acceptors (Lipinski definition) is 10. The van der Waals surface area contributed by atoms with Crippen molar-refractivity contribution in [3.63, 3.8) is 0 Å². The molecule has 482 valence electrons. The van der Waals surface area contributed by atoms with Crippen LogP contribution in [0.15, 0.2) is 36.5 Å². The molecular formula is C71H133NO10. The second-order valence-electron chi connectivity index (χ2n) is 24.6. The molecule has 0 aromatic carbocycles. The number of carbonyl (C=O) groups is 2. The van der Waals surface area contributed by atoms with Crippen LogP contribution >= 0.6 is 0 Å². The van der Waals surface area contributed by atoms with Gasteiger partial charge in [-0.25, -0.2) is 0 Å². The van der Waals surface area contributed by atoms with Crippen molar-refractivity contribution >= 4 is 11.9 Å². The van der Waals surface area contributed by atoms with E-state index in [2.05, 4.69) is 43.5 Å². The van der Waals surface area contributed by atoms with Crippen LogP contribution in [0, 0.1) is 0 Å². The molecule has 1 amide bonds. The summed E-state index contributed by atoms with van der Waals surface area (Å²) in [4.78, 5) is 25.1. The zero-order valence-corrected chi connectivity index (χ0v) is 53.5. The van der Waals surface area contributed by atoms with Crippen LogP contribution in [-0.2, 0) is 23.8 Å². The van der Waals surface area contributed by atoms with Crippen molar-refractivity contribution in [1.29, 1.82) is 0 Å². The first kappa shape index (κ1) is 77.9. The van der Waals surface area contributed by atoms with E-state index in [0.717, 1.165) is 64.2 Å². The zero-order chi connectivity index (χ0) is 59.5. The molecule has 0 aromatic rings. The maximum atomic E-state index is 13.0. The Morgan fingerprint density at radius 1 is 0.451 bits per heavy atom. The monoisotopic (exact) mass is 1160 g/mol. The maximum Gasteiger partial charge on any atom is 0.305 e. The first-order chi connectivity index (χ1) is 40.2. The molecule has 11 nitrogen and oxygen atoms in total. The number of hydrogen-bond donors (Lipinski definition) is 6. The van der Waals surface area contributed by atoms with E-state index in [-0.39, 0.29) is 18.5 Å². The smallest absolute Gasteiger partial charge is 0.305 e. The number of aliphatic hydroxyl groups is 5. The van der Waals surface area contributed by atoms with Gasteiger partial charge in [-0.1, -0.05) is 301 Å². The highest BCUT2D eigenvalue weighted by Gasteiger charge is 2.44. The second kappa shape index (κ2) is 60.6. The molecule has 0 bridgehead atoms. The number of allylic oxidation sites excluding steroid dienone is 5. The lowest BCUT2D eigenvalue weighted by Crippen LogP contribution is -2.60. The van der Waals surface area contributed by atoms with E-state index in [9.17, 15) is 35.1 Å². The highest BCUT2D eigenvalue weighted by Crippen LogP contribution is 2.23. The van der Waals surface area contributed by atoms with Gasteiger partial charge in [0.25, 0.3) is 0 Å². The number of carbonyl (C=O) groups excluding carboxylic acids is 2. The number of nitrogens with one attached hydrogen (secondary N) is 1. The summed E-state index contributed by atoms with van der Waals surface area (Å²) >= 11 is 0. The first-order valence-corrected chi connectivity index (χ1v) is 35.3. The van der Waals surface area contributed by atoms with Crippen LogP contribution in [-0.4, -0.2) is 100 Å². The average molecular weight is 1160 g/mol. The fourth-order valence-corrected chi connectivity index (χ4v) is 11.2. The summed E-state index contributed by atoms with van der Waals surface area (Å²) in [7, 11) is 0. The summed E-state index contributed by atoms with van der Waals surface area (Å²) in [6.45, 7) is 4.31. The predicted octanol–water partition coefficient (Wildman–Crippen LogP) is 17.8. The Bertz CT molecular complexity index is 1460. The maximum absolute atomic E-state index is 13.0. The molecule has 0 radical (unpaired) electrons. The van der Waals surface area contributed by atoms with Crippen molar-refractivity contribution in [1.82, 2.24) is 5.32 Å². The fraction of sp³-hybridized carbons (Fsp3) is 0.887. The van der Waals surface area contributed by atoms with Crippen LogP contribution < -0.4 is 5.32 Å². The average Bonchev–Trinajstić information content (AvgIpc) is 3.63. The molecule has 6 N–H and O–H groups in total. The van der Waals surface area contributed by atoms with Gasteiger partial charge in [0.2, 0.25) is 5.91 Å². The molecule has 1 fully saturated rings. The van der Waals surface area contributed by atoms with E-state index in [1.165, 1.54) is 250 Å². The number of esters is 1. The van der Waals surface area contributed by atoms with Crippen LogP contribution in [0.5, 0.6) is 0 Å². The molecule has 1 heterocycles. The molecule has 1 saturated heterocycles. The third-order valence-electron chi connectivity index (χ3n) is 16.7. The lowest BCUT2D eigenvalue weighted by atomic mass is 9.99. The second-order valence-corrected chi connectivity index (χ2v) is 24.6. The quantitative estimate of drug-likeness (QED) is 0.0195. The van der Waals surface area contributed by atoms with E-state index in [1.807, 2.05) is 6.08 Å². The van der Waals surface area contributed by atoms with Gasteiger partial charge in [-0.05, 0) is 64.2 Å². The summed E-state index contributed by atoms with van der Waals surface area (Å²) < 4.78 is 16.7. The van der Waals surface area contributed by atoms with Gasteiger partial charge in [0.1, 0.15) is 24.4 Å². The third kappa shape index (κ3) is 49.0. The van der Waals surface area contributed by atoms with Crippen LogP contribution in [0.4, 0.5) is 0 Å². The molecule has 0 spiro atoms. The number of ether oxygens (including phenoxy) is 3. The Labute approximate surface area is 504 Å². The minimum Gasteiger partial charge on any atom is -0.466 e. The molecule has 1 aliphatic heterocycles. The van der Waals surface area contributed by atoms with Gasteiger partial charge in [-0.3, -0.25) is 9.59 Å². The van der Waals surface area contributed by atoms with Gasteiger partial charge in [0.15, 0.2) is 6.29 Å². The summed E-state index contributed by atoms with van der Waals surface area (Å²) in [6.07, 6.45) is 67.2. The van der Waals surface area contributed by atoms with E-state index < -0.39 is 49.5 Å². The van der Waals surface area contributed by atoms with Gasteiger partial charge >= 0.3 is 5.97 Å². The molecule has 0 aromatic heterocycles. The first-order valence-electron chi connectivity index (χ1n) is 35.3. The molecule has 0 saturated carbocycles. The summed E-state index contributed by atoms with van der Waals surface area (Å²) in [5.74, 6) is -0.181. The van der Waals surface area contributed by atoms with Gasteiger partial charge < -0.3 is 45.1 Å². The third-order valence-corrected chi connectivity index (χ3v) is 16.7. The van der Waals surface area contributed by atoms with E-state index in [4.69, 9.17) is 14.2 Å².